The molecule has 0 spiro atoms. The molecule has 1 aliphatic carbocycles. The van der Waals surface area contributed by atoms with Crippen LogP contribution in [0.4, 0.5) is 4.39 Å². The zero-order valence-corrected chi connectivity index (χ0v) is 23.1. The molecule has 2 amide bonds. The number of hydrogen-bond acceptors (Lipinski definition) is 4. The number of carbonyl (C=O) groups is 2. The SMILES string of the molecule is C=C(C)C=C(C=CC)N(C(=O)CNC1(C)C=C(F)N=CC1)C(C(=O)NC1CCCCC1)c1ccccc1C. The summed E-state index contributed by atoms with van der Waals surface area (Å²) in [6.07, 6.45) is 14.0. The van der Waals surface area contributed by atoms with E-state index in [9.17, 15) is 14.0 Å². The molecule has 2 N–H and O–H groups in total. The van der Waals surface area contributed by atoms with Gasteiger partial charge >= 0.3 is 0 Å². The molecule has 0 aromatic heterocycles. The molecule has 1 aliphatic heterocycles. The summed E-state index contributed by atoms with van der Waals surface area (Å²) in [7, 11) is 0. The second-order valence-electron chi connectivity index (χ2n) is 10.5. The van der Waals surface area contributed by atoms with E-state index in [2.05, 4.69) is 22.2 Å². The van der Waals surface area contributed by atoms with Gasteiger partial charge in [0.1, 0.15) is 6.04 Å². The lowest BCUT2D eigenvalue weighted by Gasteiger charge is -2.36. The Labute approximate surface area is 226 Å². The van der Waals surface area contributed by atoms with Gasteiger partial charge in [-0.25, -0.2) is 4.99 Å². The highest BCUT2D eigenvalue weighted by molar-refractivity contribution is 5.91. The molecule has 1 saturated carbocycles. The molecule has 7 heteroatoms. The molecule has 1 aromatic rings. The van der Waals surface area contributed by atoms with Crippen molar-refractivity contribution in [3.05, 3.63) is 83.5 Å². The Morgan fingerprint density at radius 1 is 1.26 bits per heavy atom. The van der Waals surface area contributed by atoms with E-state index in [0.717, 1.165) is 42.4 Å². The number of amides is 2. The van der Waals surface area contributed by atoms with E-state index < -0.39 is 17.5 Å². The van der Waals surface area contributed by atoms with E-state index in [4.69, 9.17) is 0 Å². The summed E-state index contributed by atoms with van der Waals surface area (Å²) < 4.78 is 13.9. The third-order valence-corrected chi connectivity index (χ3v) is 7.03. The summed E-state index contributed by atoms with van der Waals surface area (Å²) in [6, 6.07) is 6.86. The molecular weight excluding hydrogens is 479 g/mol. The van der Waals surface area contributed by atoms with Crippen LogP contribution in [0, 0.1) is 6.92 Å². The van der Waals surface area contributed by atoms with Crippen LogP contribution in [0.15, 0.2) is 77.4 Å². The molecule has 2 unspecified atom stereocenters. The van der Waals surface area contributed by atoms with Gasteiger partial charge in [0.25, 0.3) is 0 Å². The van der Waals surface area contributed by atoms with Gasteiger partial charge in [-0.1, -0.05) is 61.8 Å². The normalized spacial score (nSPS) is 21.2. The molecule has 1 fully saturated rings. The molecule has 204 valence electrons. The summed E-state index contributed by atoms with van der Waals surface area (Å²) >= 11 is 0. The maximum absolute atomic E-state index is 14.1. The van der Waals surface area contributed by atoms with Gasteiger partial charge in [0.05, 0.1) is 6.54 Å². The minimum Gasteiger partial charge on any atom is -0.351 e. The van der Waals surface area contributed by atoms with Crippen LogP contribution in [-0.4, -0.2) is 41.1 Å². The fourth-order valence-electron chi connectivity index (χ4n) is 5.04. The van der Waals surface area contributed by atoms with Gasteiger partial charge in [0, 0.05) is 29.9 Å². The van der Waals surface area contributed by atoms with Crippen LogP contribution in [-0.2, 0) is 9.59 Å². The van der Waals surface area contributed by atoms with Crippen LogP contribution in [0.3, 0.4) is 0 Å². The fourth-order valence-corrected chi connectivity index (χ4v) is 5.04. The Kier molecular flexibility index (Phi) is 10.4. The van der Waals surface area contributed by atoms with E-state index in [1.54, 1.807) is 4.90 Å². The number of carbonyl (C=O) groups excluding carboxylic acids is 2. The van der Waals surface area contributed by atoms with Gasteiger partial charge in [-0.05, 0) is 69.9 Å². The molecule has 0 radical (unpaired) electrons. The predicted molar refractivity (Wildman–Crippen MR) is 152 cm³/mol. The molecule has 1 aromatic carbocycles. The van der Waals surface area contributed by atoms with E-state index in [1.165, 1.54) is 18.7 Å². The Balaban J connectivity index is 2.05. The van der Waals surface area contributed by atoms with Gasteiger partial charge in [0.2, 0.25) is 17.8 Å². The second-order valence-corrected chi connectivity index (χ2v) is 10.5. The topological polar surface area (TPSA) is 73.8 Å². The first-order chi connectivity index (χ1) is 18.1. The Hall–Kier alpha value is -3.32. The molecule has 6 nitrogen and oxygen atoms in total. The van der Waals surface area contributed by atoms with Crippen molar-refractivity contribution in [2.24, 2.45) is 4.99 Å². The van der Waals surface area contributed by atoms with Gasteiger partial charge in [-0.2, -0.15) is 4.39 Å². The van der Waals surface area contributed by atoms with E-state index >= 15 is 0 Å². The van der Waals surface area contributed by atoms with Gasteiger partial charge in [-0.3, -0.25) is 19.8 Å². The molecule has 2 aliphatic rings. The molecule has 38 heavy (non-hydrogen) atoms. The van der Waals surface area contributed by atoms with Crippen molar-refractivity contribution < 1.29 is 14.0 Å². The average Bonchev–Trinajstić information content (AvgIpc) is 2.86. The highest BCUT2D eigenvalue weighted by Crippen LogP contribution is 2.30. The number of nitrogens with zero attached hydrogens (tertiary/aromatic N) is 2. The van der Waals surface area contributed by atoms with E-state index in [-0.39, 0.29) is 24.4 Å². The number of benzene rings is 1. The van der Waals surface area contributed by atoms with Crippen LogP contribution in [0.5, 0.6) is 0 Å². The largest absolute Gasteiger partial charge is 0.351 e. The smallest absolute Gasteiger partial charge is 0.248 e. The highest BCUT2D eigenvalue weighted by Gasteiger charge is 2.36. The zero-order chi connectivity index (χ0) is 27.7. The number of allylic oxidation sites excluding steroid dienone is 4. The predicted octanol–water partition coefficient (Wildman–Crippen LogP) is 5.98. The summed E-state index contributed by atoms with van der Waals surface area (Å²) in [4.78, 5) is 33.3. The molecule has 0 bridgehead atoms. The van der Waals surface area contributed by atoms with Gasteiger partial charge in [-0.15, -0.1) is 0 Å². The Morgan fingerprint density at radius 3 is 2.61 bits per heavy atom. The van der Waals surface area contributed by atoms with Crippen LogP contribution in [0.25, 0.3) is 0 Å². The van der Waals surface area contributed by atoms with Crippen molar-refractivity contribution in [2.75, 3.05) is 6.54 Å². The summed E-state index contributed by atoms with van der Waals surface area (Å²) in [5, 5.41) is 6.44. The first-order valence-electron chi connectivity index (χ1n) is 13.5. The number of nitrogens with one attached hydrogen (secondary N) is 2. The average molecular weight is 521 g/mol. The third-order valence-electron chi connectivity index (χ3n) is 7.03. The summed E-state index contributed by atoms with van der Waals surface area (Å²) in [5.41, 5.74) is 2.22. The van der Waals surface area contributed by atoms with Crippen LogP contribution < -0.4 is 10.6 Å². The number of hydrogen-bond donors (Lipinski definition) is 2. The quantitative estimate of drug-likeness (QED) is 0.294. The molecule has 1 heterocycles. The van der Waals surface area contributed by atoms with Crippen molar-refractivity contribution in [3.63, 3.8) is 0 Å². The second kappa shape index (κ2) is 13.5. The number of rotatable bonds is 10. The zero-order valence-electron chi connectivity index (χ0n) is 23.1. The maximum Gasteiger partial charge on any atom is 0.248 e. The summed E-state index contributed by atoms with van der Waals surface area (Å²) in [5.74, 6) is -1.10. The van der Waals surface area contributed by atoms with E-state index in [0.29, 0.717) is 12.1 Å². The molecular formula is C31H41FN4O2. The monoisotopic (exact) mass is 520 g/mol. The van der Waals surface area contributed by atoms with Crippen LogP contribution in [0.1, 0.15) is 76.5 Å². The lowest BCUT2D eigenvalue weighted by Crippen LogP contribution is -2.51. The van der Waals surface area contributed by atoms with Crippen LogP contribution in [0.2, 0.25) is 0 Å². The third kappa shape index (κ3) is 7.84. The Bertz CT molecular complexity index is 1150. The van der Waals surface area contributed by atoms with Gasteiger partial charge in [0.15, 0.2) is 0 Å². The molecule has 3 rings (SSSR count). The number of aryl methyl sites for hydroxylation is 1. The number of halogens is 1. The lowest BCUT2D eigenvalue weighted by atomic mass is 9.93. The Morgan fingerprint density at radius 2 is 1.97 bits per heavy atom. The fraction of sp³-hybridized carbons (Fsp3) is 0.452. The minimum absolute atomic E-state index is 0.0849. The van der Waals surface area contributed by atoms with Crippen molar-refractivity contribution in [1.82, 2.24) is 15.5 Å². The van der Waals surface area contributed by atoms with E-state index in [1.807, 2.05) is 70.2 Å². The number of aliphatic imine (C=N–C) groups is 1. The molecule has 0 saturated heterocycles. The van der Waals surface area contributed by atoms with Crippen molar-refractivity contribution in [3.8, 4) is 0 Å². The first kappa shape index (κ1) is 29.2. The summed E-state index contributed by atoms with van der Waals surface area (Å²) in [6.45, 7) is 11.4. The first-order valence-corrected chi connectivity index (χ1v) is 13.5. The van der Waals surface area contributed by atoms with Crippen LogP contribution >= 0.6 is 0 Å². The van der Waals surface area contributed by atoms with Crippen molar-refractivity contribution in [2.45, 2.75) is 83.8 Å². The van der Waals surface area contributed by atoms with Crippen molar-refractivity contribution in [1.29, 1.82) is 0 Å². The van der Waals surface area contributed by atoms with Gasteiger partial charge < -0.3 is 5.32 Å². The lowest BCUT2D eigenvalue weighted by molar-refractivity contribution is -0.138. The minimum atomic E-state index is -0.887. The maximum atomic E-state index is 14.1. The highest BCUT2D eigenvalue weighted by atomic mass is 19.1. The standard InChI is InChI=1S/C31H41FN4O2/c1-6-12-25(19-22(2)3)36(28(37)21-34-31(5)17-18-33-27(32)20-31)29(26-16-11-10-13-23(26)4)30(38)35-24-14-8-7-9-15-24/h6,10-13,16,18-20,24,29,34H,2,7-9,14-15,17,21H2,1,3-5H3,(H,35,38). The van der Waals surface area contributed by atoms with Crippen molar-refractivity contribution >= 4 is 18.0 Å². The molecule has 2 atom stereocenters.